The molecule has 0 bridgehead atoms. The van der Waals surface area contributed by atoms with Gasteiger partial charge in [-0.3, -0.25) is 0 Å². The minimum atomic E-state index is 0.616. The van der Waals surface area contributed by atoms with Crippen LogP contribution in [0, 0.1) is 6.92 Å². The second kappa shape index (κ2) is 5.24. The largest absolute Gasteiger partial charge is 0.241 e. The first kappa shape index (κ1) is 10.6. The number of aromatic nitrogens is 2. The Morgan fingerprint density at radius 3 is 2.40 bits per heavy atom. The highest BCUT2D eigenvalue weighted by Gasteiger charge is 2.15. The van der Waals surface area contributed by atoms with Crippen LogP contribution in [0.3, 0.4) is 0 Å². The van der Waals surface area contributed by atoms with Crippen LogP contribution in [0.2, 0.25) is 0 Å². The molecule has 0 radical (unpaired) electrons. The topological polar surface area (TPSA) is 25.8 Å². The molecule has 82 valence electrons. The Balaban J connectivity index is 2.06. The van der Waals surface area contributed by atoms with Crippen molar-refractivity contribution in [2.75, 3.05) is 0 Å². The molecule has 2 heteroatoms. The monoisotopic (exact) mass is 204 g/mol. The number of nitrogens with zero attached hydrogens (tertiary/aromatic N) is 2. The van der Waals surface area contributed by atoms with Crippen molar-refractivity contribution < 1.29 is 0 Å². The van der Waals surface area contributed by atoms with Crippen LogP contribution < -0.4 is 0 Å². The van der Waals surface area contributed by atoms with Crippen molar-refractivity contribution in [2.45, 2.75) is 57.8 Å². The summed E-state index contributed by atoms with van der Waals surface area (Å²) in [6.07, 6.45) is 11.4. The third-order valence-electron chi connectivity index (χ3n) is 3.28. The maximum absolute atomic E-state index is 4.56. The van der Waals surface area contributed by atoms with Gasteiger partial charge in [0.25, 0.3) is 0 Å². The minimum Gasteiger partial charge on any atom is -0.241 e. The number of aryl methyl sites for hydroxylation is 1. The van der Waals surface area contributed by atoms with E-state index >= 15 is 0 Å². The third kappa shape index (κ3) is 3.01. The average Bonchev–Trinajstić information content (AvgIpc) is 2.16. The van der Waals surface area contributed by atoms with Crippen molar-refractivity contribution in [1.82, 2.24) is 9.97 Å². The molecular formula is C13H20N2. The van der Waals surface area contributed by atoms with E-state index in [-0.39, 0.29) is 0 Å². The molecule has 0 N–H and O–H groups in total. The van der Waals surface area contributed by atoms with Crippen LogP contribution in [0.15, 0.2) is 12.3 Å². The van der Waals surface area contributed by atoms with Gasteiger partial charge in [-0.2, -0.15) is 0 Å². The molecule has 1 aliphatic rings. The molecule has 2 nitrogen and oxygen atoms in total. The van der Waals surface area contributed by atoms with Crippen LogP contribution in [0.25, 0.3) is 0 Å². The number of rotatable bonds is 1. The van der Waals surface area contributed by atoms with Crippen LogP contribution in [0.1, 0.15) is 62.4 Å². The van der Waals surface area contributed by atoms with Crippen LogP contribution in [0.5, 0.6) is 0 Å². The molecule has 15 heavy (non-hydrogen) atoms. The van der Waals surface area contributed by atoms with E-state index in [2.05, 4.69) is 9.97 Å². The molecule has 2 rings (SSSR count). The van der Waals surface area contributed by atoms with Gasteiger partial charge < -0.3 is 0 Å². The summed E-state index contributed by atoms with van der Waals surface area (Å²) in [5.74, 6) is 1.70. The summed E-state index contributed by atoms with van der Waals surface area (Å²) in [6, 6.07) is 1.98. The molecule has 1 aromatic heterocycles. The zero-order valence-electron chi connectivity index (χ0n) is 9.58. The molecule has 0 spiro atoms. The molecule has 1 saturated carbocycles. The van der Waals surface area contributed by atoms with Crippen LogP contribution in [-0.4, -0.2) is 9.97 Å². The van der Waals surface area contributed by atoms with Gasteiger partial charge in [0.2, 0.25) is 0 Å². The Morgan fingerprint density at radius 2 is 1.73 bits per heavy atom. The third-order valence-corrected chi connectivity index (χ3v) is 3.28. The van der Waals surface area contributed by atoms with Gasteiger partial charge in [0.15, 0.2) is 0 Å². The summed E-state index contributed by atoms with van der Waals surface area (Å²) in [4.78, 5) is 8.98. The fourth-order valence-corrected chi connectivity index (χ4v) is 2.38. The molecule has 0 aliphatic heterocycles. The first-order valence-corrected chi connectivity index (χ1v) is 6.16. The molecule has 0 unspecified atom stereocenters. The maximum atomic E-state index is 4.56. The highest BCUT2D eigenvalue weighted by atomic mass is 14.9. The number of hydrogen-bond donors (Lipinski definition) is 0. The Hall–Kier alpha value is -0.920. The molecule has 1 aromatic rings. The summed E-state index contributed by atoms with van der Waals surface area (Å²) in [5, 5.41) is 0. The van der Waals surface area contributed by atoms with Crippen molar-refractivity contribution in [1.29, 1.82) is 0 Å². The second-order valence-corrected chi connectivity index (χ2v) is 4.60. The predicted octanol–water partition coefficient (Wildman–Crippen LogP) is 3.61. The van der Waals surface area contributed by atoms with E-state index in [1.54, 1.807) is 0 Å². The standard InChI is InChI=1S/C13H20N2/c1-11-9-10-14-13(15-11)12-7-5-3-2-4-6-8-12/h9-10,12H,2-8H2,1H3. The minimum absolute atomic E-state index is 0.616. The van der Waals surface area contributed by atoms with Crippen molar-refractivity contribution in [2.24, 2.45) is 0 Å². The first-order chi connectivity index (χ1) is 7.36. The molecule has 0 amide bonds. The highest BCUT2D eigenvalue weighted by molar-refractivity contribution is 5.04. The lowest BCUT2D eigenvalue weighted by atomic mass is 9.90. The first-order valence-electron chi connectivity index (χ1n) is 6.16. The second-order valence-electron chi connectivity index (χ2n) is 4.60. The normalized spacial score (nSPS) is 19.5. The highest BCUT2D eigenvalue weighted by Crippen LogP contribution is 2.28. The number of hydrogen-bond acceptors (Lipinski definition) is 2. The molecule has 0 saturated heterocycles. The van der Waals surface area contributed by atoms with Crippen molar-refractivity contribution in [3.8, 4) is 0 Å². The van der Waals surface area contributed by atoms with Gasteiger partial charge in [-0.05, 0) is 25.8 Å². The van der Waals surface area contributed by atoms with E-state index in [4.69, 9.17) is 0 Å². The summed E-state index contributed by atoms with van der Waals surface area (Å²) in [6.45, 7) is 2.05. The Bertz CT molecular complexity index is 301. The van der Waals surface area contributed by atoms with Gasteiger partial charge in [-0.1, -0.05) is 32.1 Å². The lowest BCUT2D eigenvalue weighted by molar-refractivity contribution is 0.442. The van der Waals surface area contributed by atoms with E-state index in [0.717, 1.165) is 11.5 Å². The van der Waals surface area contributed by atoms with E-state index in [0.29, 0.717) is 5.92 Å². The fraction of sp³-hybridized carbons (Fsp3) is 0.692. The molecule has 1 fully saturated rings. The zero-order chi connectivity index (χ0) is 10.5. The Kier molecular flexibility index (Phi) is 3.70. The van der Waals surface area contributed by atoms with Gasteiger partial charge in [-0.15, -0.1) is 0 Å². The molecule has 1 aliphatic carbocycles. The van der Waals surface area contributed by atoms with Crippen molar-refractivity contribution in [3.05, 3.63) is 23.8 Å². The lowest BCUT2D eigenvalue weighted by Gasteiger charge is -2.18. The summed E-state index contributed by atoms with van der Waals surface area (Å²) >= 11 is 0. The van der Waals surface area contributed by atoms with E-state index in [1.165, 1.54) is 44.9 Å². The molecule has 1 heterocycles. The Morgan fingerprint density at radius 1 is 1.07 bits per heavy atom. The van der Waals surface area contributed by atoms with E-state index in [9.17, 15) is 0 Å². The predicted molar refractivity (Wildman–Crippen MR) is 61.8 cm³/mol. The fourth-order valence-electron chi connectivity index (χ4n) is 2.38. The quantitative estimate of drug-likeness (QED) is 0.698. The van der Waals surface area contributed by atoms with Crippen molar-refractivity contribution in [3.63, 3.8) is 0 Å². The summed E-state index contributed by atoms with van der Waals surface area (Å²) < 4.78 is 0. The molecular weight excluding hydrogens is 184 g/mol. The lowest BCUT2D eigenvalue weighted by Crippen LogP contribution is -2.07. The van der Waals surface area contributed by atoms with Gasteiger partial charge >= 0.3 is 0 Å². The zero-order valence-corrected chi connectivity index (χ0v) is 9.58. The van der Waals surface area contributed by atoms with Gasteiger partial charge in [0, 0.05) is 17.8 Å². The average molecular weight is 204 g/mol. The van der Waals surface area contributed by atoms with Crippen LogP contribution in [-0.2, 0) is 0 Å². The SMILES string of the molecule is Cc1ccnc(C2CCCCCCC2)n1. The molecule has 0 atom stereocenters. The van der Waals surface area contributed by atoms with E-state index < -0.39 is 0 Å². The van der Waals surface area contributed by atoms with E-state index in [1.807, 2.05) is 19.2 Å². The maximum Gasteiger partial charge on any atom is 0.131 e. The van der Waals surface area contributed by atoms with Crippen molar-refractivity contribution >= 4 is 0 Å². The van der Waals surface area contributed by atoms with Gasteiger partial charge in [0.05, 0.1) is 0 Å². The molecule has 0 aromatic carbocycles. The Labute approximate surface area is 92.1 Å². The van der Waals surface area contributed by atoms with Crippen LogP contribution >= 0.6 is 0 Å². The summed E-state index contributed by atoms with van der Waals surface area (Å²) in [7, 11) is 0. The summed E-state index contributed by atoms with van der Waals surface area (Å²) in [5.41, 5.74) is 1.10. The smallest absolute Gasteiger partial charge is 0.131 e. The van der Waals surface area contributed by atoms with Crippen LogP contribution in [0.4, 0.5) is 0 Å². The van der Waals surface area contributed by atoms with Gasteiger partial charge in [-0.25, -0.2) is 9.97 Å². The van der Waals surface area contributed by atoms with Gasteiger partial charge in [0.1, 0.15) is 5.82 Å².